The Labute approximate surface area is 176 Å². The number of guanidine groups is 1. The molecule has 2 rings (SSSR count). The van der Waals surface area contributed by atoms with Crippen molar-refractivity contribution in [1.29, 1.82) is 0 Å². The molecule has 0 amide bonds. The van der Waals surface area contributed by atoms with Crippen LogP contribution >= 0.6 is 0 Å². The fourth-order valence-electron chi connectivity index (χ4n) is 3.63. The van der Waals surface area contributed by atoms with Crippen LogP contribution in [0.5, 0.6) is 0 Å². The van der Waals surface area contributed by atoms with Gasteiger partial charge in [0.25, 0.3) is 0 Å². The Bertz CT molecular complexity index is 804. The molecule has 0 spiro atoms. The summed E-state index contributed by atoms with van der Waals surface area (Å²) in [6.45, 7) is 14.7. The van der Waals surface area contributed by atoms with Gasteiger partial charge in [0, 0.05) is 38.9 Å². The second kappa shape index (κ2) is 11.0. The maximum Gasteiger partial charge on any atom is 0.191 e. The quantitative estimate of drug-likeness (QED) is 0.503. The summed E-state index contributed by atoms with van der Waals surface area (Å²) in [5.41, 5.74) is 6.26. The molecule has 0 bridgehead atoms. The van der Waals surface area contributed by atoms with Crippen LogP contribution in [-0.4, -0.2) is 46.8 Å². The van der Waals surface area contributed by atoms with Crippen molar-refractivity contribution in [2.75, 3.05) is 20.1 Å². The molecule has 1 heterocycles. The molecule has 0 aliphatic rings. The lowest BCUT2D eigenvalue weighted by Crippen LogP contribution is -2.42. The van der Waals surface area contributed by atoms with Gasteiger partial charge in [0.05, 0.1) is 5.69 Å². The summed E-state index contributed by atoms with van der Waals surface area (Å²) in [6, 6.07) is 9.05. The van der Waals surface area contributed by atoms with Gasteiger partial charge in [0.1, 0.15) is 0 Å². The van der Waals surface area contributed by atoms with E-state index in [9.17, 15) is 0 Å². The lowest BCUT2D eigenvalue weighted by molar-refractivity contribution is 0.296. The minimum absolute atomic E-state index is 0.261. The molecule has 0 aliphatic heterocycles. The van der Waals surface area contributed by atoms with Crippen LogP contribution in [0.3, 0.4) is 0 Å². The molecule has 2 aromatic rings. The third-order valence-corrected chi connectivity index (χ3v) is 5.53. The van der Waals surface area contributed by atoms with Crippen molar-refractivity contribution >= 4 is 5.96 Å². The maximum atomic E-state index is 4.52. The number of hydrogen-bond donors (Lipinski definition) is 2. The molecule has 160 valence electrons. The number of aliphatic imine (C=N–C) groups is 1. The summed E-state index contributed by atoms with van der Waals surface area (Å²) >= 11 is 0. The molecule has 6 nitrogen and oxygen atoms in total. The maximum absolute atomic E-state index is 4.52. The van der Waals surface area contributed by atoms with Crippen LogP contribution < -0.4 is 10.6 Å². The van der Waals surface area contributed by atoms with Crippen LogP contribution in [0.1, 0.15) is 48.8 Å². The molecule has 29 heavy (non-hydrogen) atoms. The van der Waals surface area contributed by atoms with Gasteiger partial charge in [-0.05, 0) is 57.0 Å². The second-order valence-corrected chi connectivity index (χ2v) is 7.73. The summed E-state index contributed by atoms with van der Waals surface area (Å²) < 4.78 is 1.95. The Morgan fingerprint density at radius 2 is 1.90 bits per heavy atom. The summed E-state index contributed by atoms with van der Waals surface area (Å²) in [7, 11) is 3.82. The fraction of sp³-hybridized carbons (Fsp3) is 0.565. The Morgan fingerprint density at radius 1 is 1.21 bits per heavy atom. The first kappa shape index (κ1) is 22.9. The van der Waals surface area contributed by atoms with Crippen molar-refractivity contribution in [3.05, 3.63) is 52.3 Å². The highest BCUT2D eigenvalue weighted by atomic mass is 15.3. The predicted molar refractivity (Wildman–Crippen MR) is 122 cm³/mol. The van der Waals surface area contributed by atoms with Crippen LogP contribution in [0.15, 0.2) is 29.3 Å². The van der Waals surface area contributed by atoms with E-state index in [2.05, 4.69) is 84.5 Å². The monoisotopic (exact) mass is 398 g/mol. The largest absolute Gasteiger partial charge is 0.354 e. The van der Waals surface area contributed by atoms with Crippen molar-refractivity contribution in [2.45, 2.75) is 60.2 Å². The highest BCUT2D eigenvalue weighted by molar-refractivity contribution is 5.79. The first-order valence-electron chi connectivity index (χ1n) is 10.6. The average Bonchev–Trinajstić information content (AvgIpc) is 2.95. The van der Waals surface area contributed by atoms with E-state index in [0.717, 1.165) is 44.3 Å². The molecular formula is C23H38N6. The van der Waals surface area contributed by atoms with Gasteiger partial charge in [-0.3, -0.25) is 14.6 Å². The van der Waals surface area contributed by atoms with E-state index in [1.54, 1.807) is 0 Å². The standard InChI is InChI=1S/C23H38N6/c1-8-29(9-2)16-21-12-10-11-20(14-21)15-25-23(24-6)26-17(3)13-22-18(4)27-28(7)19(22)5/h10-12,14,17H,8-9,13,15-16H2,1-7H3,(H2,24,25,26). The normalized spacial score (nSPS) is 13.0. The van der Waals surface area contributed by atoms with E-state index < -0.39 is 0 Å². The molecule has 1 aromatic heterocycles. The lowest BCUT2D eigenvalue weighted by atomic mass is 10.1. The zero-order chi connectivity index (χ0) is 21.4. The first-order valence-corrected chi connectivity index (χ1v) is 10.6. The Balaban J connectivity index is 1.92. The highest BCUT2D eigenvalue weighted by Gasteiger charge is 2.14. The molecule has 0 aliphatic carbocycles. The topological polar surface area (TPSA) is 57.5 Å². The van der Waals surface area contributed by atoms with Gasteiger partial charge in [-0.15, -0.1) is 0 Å². The summed E-state index contributed by atoms with van der Waals surface area (Å²) in [5.74, 6) is 0.825. The van der Waals surface area contributed by atoms with Gasteiger partial charge in [-0.2, -0.15) is 5.10 Å². The van der Waals surface area contributed by atoms with Crippen molar-refractivity contribution in [3.63, 3.8) is 0 Å². The molecule has 2 N–H and O–H groups in total. The minimum Gasteiger partial charge on any atom is -0.354 e. The summed E-state index contributed by atoms with van der Waals surface area (Å²) in [5, 5.41) is 11.5. The predicted octanol–water partition coefficient (Wildman–Crippen LogP) is 3.17. The molecule has 1 unspecified atom stereocenters. The van der Waals surface area contributed by atoms with E-state index >= 15 is 0 Å². The molecule has 0 radical (unpaired) electrons. The molecule has 1 atom stereocenters. The summed E-state index contributed by atoms with van der Waals surface area (Å²) in [6.07, 6.45) is 0.922. The van der Waals surface area contributed by atoms with E-state index in [-0.39, 0.29) is 6.04 Å². The molecular weight excluding hydrogens is 360 g/mol. The fourth-order valence-corrected chi connectivity index (χ4v) is 3.63. The third-order valence-electron chi connectivity index (χ3n) is 5.53. The van der Waals surface area contributed by atoms with Gasteiger partial charge in [0.2, 0.25) is 0 Å². The first-order chi connectivity index (χ1) is 13.9. The average molecular weight is 399 g/mol. The molecule has 0 saturated carbocycles. The lowest BCUT2D eigenvalue weighted by Gasteiger charge is -2.20. The zero-order valence-electron chi connectivity index (χ0n) is 19.2. The number of hydrogen-bond acceptors (Lipinski definition) is 3. The number of benzene rings is 1. The van der Waals surface area contributed by atoms with Gasteiger partial charge < -0.3 is 10.6 Å². The van der Waals surface area contributed by atoms with E-state index in [1.807, 2.05) is 18.8 Å². The molecule has 1 aromatic carbocycles. The van der Waals surface area contributed by atoms with Gasteiger partial charge in [0.15, 0.2) is 5.96 Å². The Hall–Kier alpha value is -2.34. The molecule has 0 saturated heterocycles. The number of aryl methyl sites for hydroxylation is 2. The molecule has 0 fully saturated rings. The molecule has 6 heteroatoms. The van der Waals surface area contributed by atoms with Crippen LogP contribution in [0, 0.1) is 13.8 Å². The second-order valence-electron chi connectivity index (χ2n) is 7.73. The van der Waals surface area contributed by atoms with Gasteiger partial charge >= 0.3 is 0 Å². The van der Waals surface area contributed by atoms with Gasteiger partial charge in [-0.25, -0.2) is 0 Å². The number of rotatable bonds is 9. The van der Waals surface area contributed by atoms with Crippen molar-refractivity contribution < 1.29 is 0 Å². The smallest absolute Gasteiger partial charge is 0.191 e. The van der Waals surface area contributed by atoms with Gasteiger partial charge in [-0.1, -0.05) is 38.1 Å². The minimum atomic E-state index is 0.261. The van der Waals surface area contributed by atoms with Crippen molar-refractivity contribution in [1.82, 2.24) is 25.3 Å². The number of nitrogens with one attached hydrogen (secondary N) is 2. The number of nitrogens with zero attached hydrogens (tertiary/aromatic N) is 4. The third kappa shape index (κ3) is 6.60. The van der Waals surface area contributed by atoms with Crippen LogP contribution in [0.25, 0.3) is 0 Å². The van der Waals surface area contributed by atoms with E-state index in [4.69, 9.17) is 0 Å². The van der Waals surface area contributed by atoms with Crippen LogP contribution in [0.4, 0.5) is 0 Å². The summed E-state index contributed by atoms with van der Waals surface area (Å²) in [4.78, 5) is 6.83. The van der Waals surface area contributed by atoms with Crippen molar-refractivity contribution in [2.24, 2.45) is 12.0 Å². The van der Waals surface area contributed by atoms with E-state index in [0.29, 0.717) is 0 Å². The zero-order valence-corrected chi connectivity index (χ0v) is 19.2. The SMILES string of the molecule is CCN(CC)Cc1cccc(CNC(=NC)NC(C)Cc2c(C)nn(C)c2C)c1. The van der Waals surface area contributed by atoms with Crippen LogP contribution in [0.2, 0.25) is 0 Å². The van der Waals surface area contributed by atoms with Crippen LogP contribution in [-0.2, 0) is 26.6 Å². The van der Waals surface area contributed by atoms with Crippen molar-refractivity contribution in [3.8, 4) is 0 Å². The number of aromatic nitrogens is 2. The Morgan fingerprint density at radius 3 is 2.48 bits per heavy atom. The van der Waals surface area contributed by atoms with E-state index in [1.165, 1.54) is 22.4 Å². The Kier molecular flexibility index (Phi) is 8.70. The highest BCUT2D eigenvalue weighted by Crippen LogP contribution is 2.14.